The SMILES string of the molecule is CC(C)(N)Cc1cccc(C2CC2)c1. The fourth-order valence-electron chi connectivity index (χ4n) is 1.90. The van der Waals surface area contributed by atoms with E-state index in [1.54, 1.807) is 0 Å². The lowest BCUT2D eigenvalue weighted by atomic mass is 9.94. The van der Waals surface area contributed by atoms with Crippen LogP contribution >= 0.6 is 0 Å². The molecule has 0 bridgehead atoms. The Morgan fingerprint density at radius 1 is 1.36 bits per heavy atom. The van der Waals surface area contributed by atoms with Gasteiger partial charge in [-0.1, -0.05) is 24.3 Å². The molecule has 0 spiro atoms. The van der Waals surface area contributed by atoms with Gasteiger partial charge in [-0.3, -0.25) is 0 Å². The first kappa shape index (κ1) is 9.72. The summed E-state index contributed by atoms with van der Waals surface area (Å²) in [6.07, 6.45) is 3.71. The van der Waals surface area contributed by atoms with Crippen molar-refractivity contribution in [1.29, 1.82) is 0 Å². The van der Waals surface area contributed by atoms with Crippen LogP contribution < -0.4 is 5.73 Å². The van der Waals surface area contributed by atoms with E-state index in [0.29, 0.717) is 0 Å². The van der Waals surface area contributed by atoms with Gasteiger partial charge < -0.3 is 5.73 Å². The number of rotatable bonds is 3. The fourth-order valence-corrected chi connectivity index (χ4v) is 1.90. The second-order valence-corrected chi connectivity index (χ2v) is 5.18. The highest BCUT2D eigenvalue weighted by molar-refractivity contribution is 5.29. The molecule has 1 aromatic carbocycles. The fraction of sp³-hybridized carbons (Fsp3) is 0.538. The van der Waals surface area contributed by atoms with Crippen molar-refractivity contribution >= 4 is 0 Å². The van der Waals surface area contributed by atoms with Crippen LogP contribution in [0.3, 0.4) is 0 Å². The molecule has 1 nitrogen and oxygen atoms in total. The molecule has 1 aliphatic carbocycles. The minimum absolute atomic E-state index is 0.0951. The van der Waals surface area contributed by atoms with Crippen molar-refractivity contribution in [1.82, 2.24) is 0 Å². The molecule has 0 aliphatic heterocycles. The summed E-state index contributed by atoms with van der Waals surface area (Å²) in [5, 5.41) is 0. The van der Waals surface area contributed by atoms with Crippen molar-refractivity contribution in [3.05, 3.63) is 35.4 Å². The summed E-state index contributed by atoms with van der Waals surface area (Å²) in [5.41, 5.74) is 8.80. The lowest BCUT2D eigenvalue weighted by Crippen LogP contribution is -2.34. The molecular formula is C13H19N. The maximum Gasteiger partial charge on any atom is 0.0138 e. The van der Waals surface area contributed by atoms with Crippen LogP contribution in [0.25, 0.3) is 0 Å². The maximum atomic E-state index is 6.01. The van der Waals surface area contributed by atoms with Gasteiger partial charge in [0.05, 0.1) is 0 Å². The summed E-state index contributed by atoms with van der Waals surface area (Å²) in [4.78, 5) is 0. The van der Waals surface area contributed by atoms with Crippen LogP contribution in [0, 0.1) is 0 Å². The molecule has 1 fully saturated rings. The maximum absolute atomic E-state index is 6.01. The van der Waals surface area contributed by atoms with Crippen LogP contribution in [-0.2, 0) is 6.42 Å². The highest BCUT2D eigenvalue weighted by Crippen LogP contribution is 2.40. The van der Waals surface area contributed by atoms with Crippen molar-refractivity contribution in [2.75, 3.05) is 0 Å². The van der Waals surface area contributed by atoms with Crippen LogP contribution in [0.4, 0.5) is 0 Å². The van der Waals surface area contributed by atoms with Gasteiger partial charge in [-0.15, -0.1) is 0 Å². The Balaban J connectivity index is 2.13. The number of nitrogens with two attached hydrogens (primary N) is 1. The predicted octanol–water partition coefficient (Wildman–Crippen LogP) is 2.84. The van der Waals surface area contributed by atoms with Crippen LogP contribution in [0.15, 0.2) is 24.3 Å². The number of benzene rings is 1. The molecule has 14 heavy (non-hydrogen) atoms. The molecule has 0 heterocycles. The Labute approximate surface area is 86.3 Å². The van der Waals surface area contributed by atoms with Gasteiger partial charge in [0.25, 0.3) is 0 Å². The molecule has 0 saturated heterocycles. The van der Waals surface area contributed by atoms with E-state index < -0.39 is 0 Å². The highest BCUT2D eigenvalue weighted by Gasteiger charge is 2.23. The number of hydrogen-bond donors (Lipinski definition) is 1. The molecule has 0 amide bonds. The van der Waals surface area contributed by atoms with Gasteiger partial charge in [0.1, 0.15) is 0 Å². The summed E-state index contributed by atoms with van der Waals surface area (Å²) in [5.74, 6) is 0.843. The number of hydrogen-bond acceptors (Lipinski definition) is 1. The molecule has 1 saturated carbocycles. The average molecular weight is 189 g/mol. The molecule has 0 unspecified atom stereocenters. The summed E-state index contributed by atoms with van der Waals surface area (Å²) in [7, 11) is 0. The van der Waals surface area contributed by atoms with Gasteiger partial charge in [-0.25, -0.2) is 0 Å². The minimum atomic E-state index is -0.0951. The topological polar surface area (TPSA) is 26.0 Å². The molecule has 1 aromatic rings. The third-order valence-corrected chi connectivity index (χ3v) is 2.66. The van der Waals surface area contributed by atoms with Crippen molar-refractivity contribution in [3.63, 3.8) is 0 Å². The van der Waals surface area contributed by atoms with E-state index in [1.807, 2.05) is 0 Å². The van der Waals surface area contributed by atoms with Gasteiger partial charge in [0.2, 0.25) is 0 Å². The van der Waals surface area contributed by atoms with E-state index in [1.165, 1.54) is 24.0 Å². The molecule has 2 rings (SSSR count). The molecule has 0 atom stereocenters. The second kappa shape index (κ2) is 3.39. The zero-order valence-corrected chi connectivity index (χ0v) is 9.09. The Morgan fingerprint density at radius 2 is 2.07 bits per heavy atom. The first-order chi connectivity index (χ1) is 6.54. The highest BCUT2D eigenvalue weighted by atomic mass is 14.7. The average Bonchev–Trinajstić information content (AvgIpc) is 2.83. The molecule has 0 radical (unpaired) electrons. The molecule has 1 aliphatic rings. The van der Waals surface area contributed by atoms with Gasteiger partial charge in [0, 0.05) is 5.54 Å². The van der Waals surface area contributed by atoms with E-state index in [-0.39, 0.29) is 5.54 Å². The third kappa shape index (κ3) is 2.58. The zero-order chi connectivity index (χ0) is 10.2. The Bertz CT molecular complexity index is 318. The van der Waals surface area contributed by atoms with Crippen molar-refractivity contribution < 1.29 is 0 Å². The second-order valence-electron chi connectivity index (χ2n) is 5.18. The van der Waals surface area contributed by atoms with Gasteiger partial charge in [-0.2, -0.15) is 0 Å². The molecule has 0 aromatic heterocycles. The van der Waals surface area contributed by atoms with Crippen molar-refractivity contribution in [2.24, 2.45) is 5.73 Å². The van der Waals surface area contributed by atoms with Crippen LogP contribution in [0.2, 0.25) is 0 Å². The van der Waals surface area contributed by atoms with E-state index in [2.05, 4.69) is 38.1 Å². The van der Waals surface area contributed by atoms with Gasteiger partial charge in [0.15, 0.2) is 0 Å². The third-order valence-electron chi connectivity index (χ3n) is 2.66. The Hall–Kier alpha value is -0.820. The standard InChI is InChI=1S/C13H19N/c1-13(2,14)9-10-4-3-5-12(8-10)11-6-7-11/h3-5,8,11H,6-7,9,14H2,1-2H3. The van der Waals surface area contributed by atoms with Crippen LogP contribution in [-0.4, -0.2) is 5.54 Å². The predicted molar refractivity (Wildman–Crippen MR) is 60.4 cm³/mol. The van der Waals surface area contributed by atoms with Crippen molar-refractivity contribution in [2.45, 2.75) is 44.6 Å². The monoisotopic (exact) mass is 189 g/mol. The summed E-state index contributed by atoms with van der Waals surface area (Å²) in [6, 6.07) is 8.91. The van der Waals surface area contributed by atoms with Gasteiger partial charge in [-0.05, 0) is 50.2 Å². The minimum Gasteiger partial charge on any atom is -0.325 e. The van der Waals surface area contributed by atoms with Gasteiger partial charge >= 0.3 is 0 Å². The molecule has 76 valence electrons. The molecule has 1 heteroatoms. The van der Waals surface area contributed by atoms with E-state index in [0.717, 1.165) is 12.3 Å². The van der Waals surface area contributed by atoms with Crippen LogP contribution in [0.5, 0.6) is 0 Å². The van der Waals surface area contributed by atoms with E-state index in [9.17, 15) is 0 Å². The first-order valence-electron chi connectivity index (χ1n) is 5.42. The zero-order valence-electron chi connectivity index (χ0n) is 9.09. The summed E-state index contributed by atoms with van der Waals surface area (Å²) >= 11 is 0. The van der Waals surface area contributed by atoms with Crippen LogP contribution in [0.1, 0.15) is 43.7 Å². The normalized spacial score (nSPS) is 17.1. The Kier molecular flexibility index (Phi) is 2.36. The first-order valence-corrected chi connectivity index (χ1v) is 5.42. The summed E-state index contributed by atoms with van der Waals surface area (Å²) in [6.45, 7) is 4.16. The molecule has 2 N–H and O–H groups in total. The lowest BCUT2D eigenvalue weighted by Gasteiger charge is -2.18. The smallest absolute Gasteiger partial charge is 0.0138 e. The summed E-state index contributed by atoms with van der Waals surface area (Å²) < 4.78 is 0. The van der Waals surface area contributed by atoms with E-state index >= 15 is 0 Å². The Morgan fingerprint density at radius 3 is 2.64 bits per heavy atom. The largest absolute Gasteiger partial charge is 0.325 e. The quantitative estimate of drug-likeness (QED) is 0.777. The van der Waals surface area contributed by atoms with Crippen molar-refractivity contribution in [3.8, 4) is 0 Å². The van der Waals surface area contributed by atoms with E-state index in [4.69, 9.17) is 5.73 Å². The molecular weight excluding hydrogens is 170 g/mol. The lowest BCUT2D eigenvalue weighted by molar-refractivity contribution is 0.516.